The van der Waals surface area contributed by atoms with E-state index in [-0.39, 0.29) is 17.9 Å². The number of nitrogens with zero attached hydrogens (tertiary/aromatic N) is 2. The molecule has 6 heteroatoms. The molecule has 1 aliphatic heterocycles. The Kier molecular flexibility index (Phi) is 4.81. The van der Waals surface area contributed by atoms with E-state index in [0.717, 1.165) is 51.2 Å². The summed E-state index contributed by atoms with van der Waals surface area (Å²) in [6.45, 7) is 1.77. The number of hydrogen-bond acceptors (Lipinski definition) is 5. The highest BCUT2D eigenvalue weighted by atomic mass is 35.5. The normalized spacial score (nSPS) is 25.4. The lowest BCUT2D eigenvalue weighted by Gasteiger charge is -2.17. The van der Waals surface area contributed by atoms with Gasteiger partial charge < -0.3 is 15.0 Å². The smallest absolute Gasteiger partial charge is 0.226 e. The molecule has 1 aliphatic carbocycles. The van der Waals surface area contributed by atoms with Crippen LogP contribution in [0.1, 0.15) is 50.2 Å². The van der Waals surface area contributed by atoms with Crippen LogP contribution in [0.2, 0.25) is 0 Å². The average molecular weight is 288 g/mol. The van der Waals surface area contributed by atoms with Gasteiger partial charge in [-0.15, -0.1) is 12.4 Å². The summed E-state index contributed by atoms with van der Waals surface area (Å²) in [6.07, 6.45) is 7.35. The first-order valence-electron chi connectivity index (χ1n) is 6.96. The summed E-state index contributed by atoms with van der Waals surface area (Å²) >= 11 is 0. The molecule has 2 N–H and O–H groups in total. The van der Waals surface area contributed by atoms with Crippen molar-refractivity contribution >= 4 is 12.4 Å². The van der Waals surface area contributed by atoms with Gasteiger partial charge in [0, 0.05) is 19.6 Å². The van der Waals surface area contributed by atoms with Crippen LogP contribution in [0.15, 0.2) is 4.52 Å². The van der Waals surface area contributed by atoms with Crippen molar-refractivity contribution in [3.05, 3.63) is 11.7 Å². The third-order valence-corrected chi connectivity index (χ3v) is 4.20. The standard InChI is InChI=1S/C13H21N3O2.ClH/c14-13(6-1-2-7-13)12-15-11(18-16-12)4-3-10-5-8-17-9-10;/h10H,1-9,14H2;1H. The second-order valence-corrected chi connectivity index (χ2v) is 5.64. The lowest BCUT2D eigenvalue weighted by atomic mass is 9.98. The van der Waals surface area contributed by atoms with Gasteiger partial charge in [-0.3, -0.25) is 0 Å². The quantitative estimate of drug-likeness (QED) is 0.919. The Labute approximate surface area is 119 Å². The number of aromatic nitrogens is 2. The molecule has 0 amide bonds. The Bertz CT molecular complexity index is 398. The molecule has 1 saturated heterocycles. The summed E-state index contributed by atoms with van der Waals surface area (Å²) < 4.78 is 10.7. The van der Waals surface area contributed by atoms with E-state index in [0.29, 0.717) is 11.7 Å². The van der Waals surface area contributed by atoms with Gasteiger partial charge in [-0.05, 0) is 31.6 Å². The second kappa shape index (κ2) is 6.20. The Hall–Kier alpha value is -0.650. The van der Waals surface area contributed by atoms with Gasteiger partial charge in [-0.25, -0.2) is 0 Å². The zero-order valence-corrected chi connectivity index (χ0v) is 12.0. The second-order valence-electron chi connectivity index (χ2n) is 5.64. The number of nitrogens with two attached hydrogens (primary N) is 1. The summed E-state index contributed by atoms with van der Waals surface area (Å²) in [6, 6.07) is 0. The molecular weight excluding hydrogens is 266 g/mol. The van der Waals surface area contributed by atoms with E-state index in [9.17, 15) is 0 Å². The largest absolute Gasteiger partial charge is 0.381 e. The molecule has 0 spiro atoms. The maximum Gasteiger partial charge on any atom is 0.226 e. The van der Waals surface area contributed by atoms with Crippen LogP contribution >= 0.6 is 12.4 Å². The van der Waals surface area contributed by atoms with Crippen molar-refractivity contribution in [2.75, 3.05) is 13.2 Å². The van der Waals surface area contributed by atoms with E-state index in [4.69, 9.17) is 15.0 Å². The molecule has 3 rings (SSSR count). The minimum absolute atomic E-state index is 0. The predicted octanol–water partition coefficient (Wildman–Crippen LogP) is 2.19. The fourth-order valence-electron chi connectivity index (χ4n) is 2.93. The molecule has 2 heterocycles. The molecular formula is C13H22ClN3O2. The zero-order chi connectivity index (χ0) is 12.4. The molecule has 2 fully saturated rings. The van der Waals surface area contributed by atoms with Crippen molar-refractivity contribution in [3.63, 3.8) is 0 Å². The number of ether oxygens (including phenoxy) is 1. The van der Waals surface area contributed by atoms with Crippen LogP contribution in [0, 0.1) is 5.92 Å². The average Bonchev–Trinajstić information content (AvgIpc) is 3.08. The Morgan fingerprint density at radius 2 is 2.11 bits per heavy atom. The third-order valence-electron chi connectivity index (χ3n) is 4.20. The van der Waals surface area contributed by atoms with Crippen LogP contribution in [0.4, 0.5) is 0 Å². The molecule has 1 aromatic heterocycles. The number of halogens is 1. The zero-order valence-electron chi connectivity index (χ0n) is 11.1. The first kappa shape index (κ1) is 14.8. The van der Waals surface area contributed by atoms with Gasteiger partial charge in [0.1, 0.15) is 0 Å². The van der Waals surface area contributed by atoms with Crippen LogP contribution in [-0.4, -0.2) is 23.4 Å². The number of rotatable bonds is 4. The van der Waals surface area contributed by atoms with Gasteiger partial charge in [-0.2, -0.15) is 4.98 Å². The maximum atomic E-state index is 6.31. The molecule has 2 aliphatic rings. The van der Waals surface area contributed by atoms with Crippen LogP contribution < -0.4 is 5.73 Å². The lowest BCUT2D eigenvalue weighted by Crippen LogP contribution is -2.34. The van der Waals surface area contributed by atoms with Crippen molar-refractivity contribution in [2.24, 2.45) is 11.7 Å². The molecule has 1 unspecified atom stereocenters. The van der Waals surface area contributed by atoms with Crippen LogP contribution in [-0.2, 0) is 16.7 Å². The predicted molar refractivity (Wildman–Crippen MR) is 73.1 cm³/mol. The van der Waals surface area contributed by atoms with E-state index in [1.165, 1.54) is 12.8 Å². The Morgan fingerprint density at radius 3 is 2.79 bits per heavy atom. The fraction of sp³-hybridized carbons (Fsp3) is 0.846. The highest BCUT2D eigenvalue weighted by Crippen LogP contribution is 2.34. The van der Waals surface area contributed by atoms with Gasteiger partial charge in [0.15, 0.2) is 5.82 Å². The summed E-state index contributed by atoms with van der Waals surface area (Å²) in [4.78, 5) is 4.48. The van der Waals surface area contributed by atoms with Gasteiger partial charge >= 0.3 is 0 Å². The Morgan fingerprint density at radius 1 is 1.32 bits per heavy atom. The van der Waals surface area contributed by atoms with Crippen LogP contribution in [0.25, 0.3) is 0 Å². The topological polar surface area (TPSA) is 74.2 Å². The van der Waals surface area contributed by atoms with Crippen molar-refractivity contribution in [1.29, 1.82) is 0 Å². The SMILES string of the molecule is Cl.NC1(c2noc(CCC3CCOC3)n2)CCCC1. The molecule has 0 bridgehead atoms. The molecule has 1 atom stereocenters. The first-order valence-corrected chi connectivity index (χ1v) is 6.96. The third kappa shape index (κ3) is 3.27. The fourth-order valence-corrected chi connectivity index (χ4v) is 2.93. The minimum Gasteiger partial charge on any atom is -0.381 e. The van der Waals surface area contributed by atoms with Crippen LogP contribution in [0.5, 0.6) is 0 Å². The van der Waals surface area contributed by atoms with Crippen molar-refractivity contribution < 1.29 is 9.26 Å². The van der Waals surface area contributed by atoms with E-state index in [2.05, 4.69) is 10.1 Å². The summed E-state index contributed by atoms with van der Waals surface area (Å²) in [5.74, 6) is 2.09. The molecule has 0 radical (unpaired) electrons. The monoisotopic (exact) mass is 287 g/mol. The minimum atomic E-state index is -0.335. The van der Waals surface area contributed by atoms with E-state index < -0.39 is 0 Å². The highest BCUT2D eigenvalue weighted by molar-refractivity contribution is 5.85. The van der Waals surface area contributed by atoms with E-state index in [1.807, 2.05) is 0 Å². The van der Waals surface area contributed by atoms with Gasteiger partial charge in [0.2, 0.25) is 5.89 Å². The van der Waals surface area contributed by atoms with E-state index in [1.54, 1.807) is 0 Å². The van der Waals surface area contributed by atoms with Gasteiger partial charge in [-0.1, -0.05) is 18.0 Å². The molecule has 108 valence electrons. The summed E-state index contributed by atoms with van der Waals surface area (Å²) in [7, 11) is 0. The molecule has 1 aromatic rings. The summed E-state index contributed by atoms with van der Waals surface area (Å²) in [5.41, 5.74) is 5.97. The number of aryl methyl sites for hydroxylation is 1. The van der Waals surface area contributed by atoms with Crippen LogP contribution in [0.3, 0.4) is 0 Å². The molecule has 5 nitrogen and oxygen atoms in total. The summed E-state index contributed by atoms with van der Waals surface area (Å²) in [5, 5.41) is 4.07. The number of hydrogen-bond donors (Lipinski definition) is 1. The maximum absolute atomic E-state index is 6.31. The molecule has 19 heavy (non-hydrogen) atoms. The van der Waals surface area contributed by atoms with Gasteiger partial charge in [0.25, 0.3) is 0 Å². The van der Waals surface area contributed by atoms with E-state index >= 15 is 0 Å². The van der Waals surface area contributed by atoms with Crippen molar-refractivity contribution in [3.8, 4) is 0 Å². The van der Waals surface area contributed by atoms with Crippen molar-refractivity contribution in [2.45, 2.75) is 50.5 Å². The molecule has 0 aromatic carbocycles. The first-order chi connectivity index (χ1) is 8.76. The van der Waals surface area contributed by atoms with Gasteiger partial charge in [0.05, 0.1) is 5.54 Å². The van der Waals surface area contributed by atoms with Crippen molar-refractivity contribution in [1.82, 2.24) is 10.1 Å². The molecule has 1 saturated carbocycles. The Balaban J connectivity index is 0.00000133. The lowest BCUT2D eigenvalue weighted by molar-refractivity contribution is 0.183. The highest BCUT2D eigenvalue weighted by Gasteiger charge is 2.35.